The number of nitrogens with zero attached hydrogens (tertiary/aromatic N) is 1. The zero-order valence-electron chi connectivity index (χ0n) is 14.1. The van der Waals surface area contributed by atoms with E-state index in [1.54, 1.807) is 6.07 Å². The smallest absolute Gasteiger partial charge is 0.184 e. The van der Waals surface area contributed by atoms with Crippen molar-refractivity contribution >= 4 is 21.7 Å². The molecule has 1 saturated heterocycles. The largest absolute Gasteiger partial charge is 0.381 e. The minimum Gasteiger partial charge on any atom is -0.381 e. The molecule has 3 rings (SSSR count). The second-order valence-electron chi connectivity index (χ2n) is 6.32. The third kappa shape index (κ3) is 5.76. The third-order valence-corrected chi connectivity index (χ3v) is 4.92. The van der Waals surface area contributed by atoms with Gasteiger partial charge in [-0.1, -0.05) is 33.2 Å². The van der Waals surface area contributed by atoms with Gasteiger partial charge in [-0.25, -0.2) is 0 Å². The zero-order chi connectivity index (χ0) is 17.5. The van der Waals surface area contributed by atoms with Gasteiger partial charge in [-0.2, -0.15) is 0 Å². The van der Waals surface area contributed by atoms with Crippen LogP contribution in [0.15, 0.2) is 39.3 Å². The number of carbonyl (C=O) groups excluding carboxylic acids is 1. The average molecular weight is 408 g/mol. The summed E-state index contributed by atoms with van der Waals surface area (Å²) < 4.78 is 17.2. The summed E-state index contributed by atoms with van der Waals surface area (Å²) in [6.45, 7) is 2.41. The van der Waals surface area contributed by atoms with Gasteiger partial charge in [0, 0.05) is 30.2 Å². The van der Waals surface area contributed by atoms with Crippen LogP contribution in [0.25, 0.3) is 0 Å². The van der Waals surface area contributed by atoms with Gasteiger partial charge in [-0.05, 0) is 42.9 Å². The van der Waals surface area contributed by atoms with E-state index < -0.39 is 0 Å². The van der Waals surface area contributed by atoms with Crippen LogP contribution in [-0.2, 0) is 22.7 Å². The Morgan fingerprint density at radius 3 is 2.72 bits per heavy atom. The summed E-state index contributed by atoms with van der Waals surface area (Å²) in [5, 5.41) is 3.88. The van der Waals surface area contributed by atoms with Gasteiger partial charge in [-0.3, -0.25) is 4.79 Å². The van der Waals surface area contributed by atoms with E-state index in [2.05, 4.69) is 21.1 Å². The number of ketones is 1. The molecule has 2 heterocycles. The lowest BCUT2D eigenvalue weighted by Crippen LogP contribution is -2.16. The fraction of sp³-hybridized carbons (Fsp3) is 0.474. The molecule has 5 nitrogen and oxygen atoms in total. The van der Waals surface area contributed by atoms with E-state index in [-0.39, 0.29) is 5.78 Å². The van der Waals surface area contributed by atoms with Crippen LogP contribution >= 0.6 is 15.9 Å². The third-order valence-electron chi connectivity index (χ3n) is 4.39. The summed E-state index contributed by atoms with van der Waals surface area (Å²) >= 11 is 3.40. The number of rotatable bonds is 8. The van der Waals surface area contributed by atoms with Crippen molar-refractivity contribution in [2.75, 3.05) is 13.2 Å². The molecule has 0 unspecified atom stereocenters. The molecule has 0 spiro atoms. The van der Waals surface area contributed by atoms with Crippen molar-refractivity contribution in [2.45, 2.75) is 38.9 Å². The monoisotopic (exact) mass is 407 g/mol. The highest BCUT2D eigenvalue weighted by Gasteiger charge is 2.18. The Morgan fingerprint density at radius 2 is 1.96 bits per heavy atom. The van der Waals surface area contributed by atoms with Crippen LogP contribution in [0.1, 0.15) is 47.5 Å². The molecule has 25 heavy (non-hydrogen) atoms. The molecule has 1 aliphatic heterocycles. The number of Topliss-reactive ketones (excluding diaryl/α,β-unsaturated/α-hetero) is 1. The molecule has 0 atom stereocenters. The molecular formula is C19H22BrNO4. The number of aromatic nitrogens is 1. The van der Waals surface area contributed by atoms with Crippen molar-refractivity contribution in [3.63, 3.8) is 0 Å². The summed E-state index contributed by atoms with van der Waals surface area (Å²) in [6.07, 6.45) is 3.49. The molecule has 1 fully saturated rings. The van der Waals surface area contributed by atoms with E-state index in [4.69, 9.17) is 14.0 Å². The summed E-state index contributed by atoms with van der Waals surface area (Å²) in [5.74, 6) is 1.19. The maximum Gasteiger partial charge on any atom is 0.184 e. The molecule has 0 bridgehead atoms. The van der Waals surface area contributed by atoms with Crippen LogP contribution in [0, 0.1) is 5.92 Å². The molecule has 134 valence electrons. The van der Waals surface area contributed by atoms with Gasteiger partial charge in [0.25, 0.3) is 0 Å². The van der Waals surface area contributed by atoms with E-state index in [1.165, 1.54) is 0 Å². The molecule has 0 radical (unpaired) electrons. The fourth-order valence-electron chi connectivity index (χ4n) is 2.86. The van der Waals surface area contributed by atoms with Gasteiger partial charge in [0.1, 0.15) is 12.3 Å². The Labute approximate surface area is 155 Å². The molecule has 2 aromatic rings. The zero-order valence-corrected chi connectivity index (χ0v) is 15.7. The summed E-state index contributed by atoms with van der Waals surface area (Å²) in [6, 6.07) is 9.63. The van der Waals surface area contributed by atoms with Gasteiger partial charge in [0.2, 0.25) is 0 Å². The number of ether oxygens (including phenoxy) is 2. The Morgan fingerprint density at radius 1 is 1.20 bits per heavy atom. The Kier molecular flexibility index (Phi) is 6.78. The van der Waals surface area contributed by atoms with E-state index in [1.807, 2.05) is 24.3 Å². The quantitative estimate of drug-likeness (QED) is 0.600. The first-order valence-corrected chi connectivity index (χ1v) is 9.39. The van der Waals surface area contributed by atoms with Crippen molar-refractivity contribution in [3.8, 4) is 0 Å². The molecule has 0 amide bonds. The summed E-state index contributed by atoms with van der Waals surface area (Å²) in [7, 11) is 0. The van der Waals surface area contributed by atoms with Gasteiger partial charge in [0.05, 0.1) is 6.61 Å². The highest BCUT2D eigenvalue weighted by atomic mass is 79.9. The molecule has 6 heteroatoms. The topological polar surface area (TPSA) is 61.6 Å². The lowest BCUT2D eigenvalue weighted by atomic mass is 9.93. The predicted octanol–water partition coefficient (Wildman–Crippen LogP) is 4.54. The SMILES string of the molecule is O=C(CCC1CCOCC1)c1cc(COCc2ccc(Br)cc2)on1. The van der Waals surface area contributed by atoms with Crippen molar-refractivity contribution < 1.29 is 18.8 Å². The Balaban J connectivity index is 1.41. The normalized spacial score (nSPS) is 15.4. The minimum absolute atomic E-state index is 0.0365. The first kappa shape index (κ1) is 18.3. The van der Waals surface area contributed by atoms with Crippen LogP contribution in [0.3, 0.4) is 0 Å². The number of carbonyl (C=O) groups is 1. The number of halogens is 1. The highest BCUT2D eigenvalue weighted by Crippen LogP contribution is 2.21. The maximum absolute atomic E-state index is 12.2. The average Bonchev–Trinajstić information content (AvgIpc) is 3.11. The van der Waals surface area contributed by atoms with Crippen molar-refractivity contribution in [2.24, 2.45) is 5.92 Å². The van der Waals surface area contributed by atoms with Crippen LogP contribution < -0.4 is 0 Å². The number of hydrogen-bond acceptors (Lipinski definition) is 5. The highest BCUT2D eigenvalue weighted by molar-refractivity contribution is 9.10. The second kappa shape index (κ2) is 9.27. The van der Waals surface area contributed by atoms with E-state index in [0.717, 1.165) is 42.5 Å². The molecule has 1 aliphatic rings. The van der Waals surface area contributed by atoms with Crippen molar-refractivity contribution in [1.29, 1.82) is 0 Å². The minimum atomic E-state index is 0.0365. The molecule has 0 aliphatic carbocycles. The summed E-state index contributed by atoms with van der Waals surface area (Å²) in [5.41, 5.74) is 1.48. The Hall–Kier alpha value is -1.50. The fourth-order valence-corrected chi connectivity index (χ4v) is 3.13. The summed E-state index contributed by atoms with van der Waals surface area (Å²) in [4.78, 5) is 12.2. The van der Waals surface area contributed by atoms with Crippen molar-refractivity contribution in [3.05, 3.63) is 51.8 Å². The van der Waals surface area contributed by atoms with E-state index >= 15 is 0 Å². The van der Waals surface area contributed by atoms with Gasteiger partial charge < -0.3 is 14.0 Å². The first-order chi connectivity index (χ1) is 12.2. The molecule has 0 saturated carbocycles. The molecular weight excluding hydrogens is 386 g/mol. The van der Waals surface area contributed by atoms with Crippen LogP contribution in [0.5, 0.6) is 0 Å². The molecule has 0 N–H and O–H groups in total. The van der Waals surface area contributed by atoms with E-state index in [0.29, 0.717) is 37.0 Å². The standard InChI is InChI=1S/C19H22BrNO4/c20-16-4-1-15(2-5-16)12-24-13-17-11-18(21-25-17)19(22)6-3-14-7-9-23-10-8-14/h1-2,4-5,11,14H,3,6-10,12-13H2. The van der Waals surface area contributed by atoms with Crippen LogP contribution in [0.4, 0.5) is 0 Å². The van der Waals surface area contributed by atoms with Crippen molar-refractivity contribution in [1.82, 2.24) is 5.16 Å². The van der Waals surface area contributed by atoms with Gasteiger partial charge in [-0.15, -0.1) is 0 Å². The molecule has 1 aromatic carbocycles. The van der Waals surface area contributed by atoms with Crippen LogP contribution in [-0.4, -0.2) is 24.2 Å². The lowest BCUT2D eigenvalue weighted by Gasteiger charge is -2.21. The van der Waals surface area contributed by atoms with Gasteiger partial charge >= 0.3 is 0 Å². The maximum atomic E-state index is 12.2. The first-order valence-electron chi connectivity index (χ1n) is 8.59. The predicted molar refractivity (Wildman–Crippen MR) is 96.2 cm³/mol. The number of benzene rings is 1. The lowest BCUT2D eigenvalue weighted by molar-refractivity contribution is 0.0618. The molecule has 1 aromatic heterocycles. The van der Waals surface area contributed by atoms with Crippen LogP contribution in [0.2, 0.25) is 0 Å². The Bertz CT molecular complexity index is 677. The van der Waals surface area contributed by atoms with E-state index in [9.17, 15) is 4.79 Å². The van der Waals surface area contributed by atoms with Gasteiger partial charge in [0.15, 0.2) is 11.5 Å². The number of hydrogen-bond donors (Lipinski definition) is 0. The second-order valence-corrected chi connectivity index (χ2v) is 7.23.